The molecule has 0 aliphatic rings. The van der Waals surface area contributed by atoms with Gasteiger partial charge in [0, 0.05) is 0 Å². The maximum absolute atomic E-state index is 12.7. The van der Waals surface area contributed by atoms with Crippen molar-refractivity contribution in [2.24, 2.45) is 0 Å². The lowest BCUT2D eigenvalue weighted by atomic mass is 9.95. The average molecular weight is 370 g/mol. The molecule has 0 aliphatic heterocycles. The third kappa shape index (κ3) is 3.87. The number of phenols is 2. The zero-order valence-corrected chi connectivity index (χ0v) is 15.3. The Balaban J connectivity index is 2.37. The first-order valence-electron chi connectivity index (χ1n) is 7.99. The number of halogens is 2. The molecule has 0 fully saturated rings. The number of benzene rings is 1. The van der Waals surface area contributed by atoms with Crippen LogP contribution in [-0.2, 0) is 6.42 Å². The second-order valence-electron chi connectivity index (χ2n) is 5.91. The average Bonchev–Trinajstić information content (AvgIpc) is 2.88. The van der Waals surface area contributed by atoms with Crippen LogP contribution in [0.4, 0.5) is 0 Å². The second kappa shape index (κ2) is 7.95. The Bertz CT molecular complexity index is 734. The monoisotopic (exact) mass is 369 g/mol. The van der Waals surface area contributed by atoms with Crippen molar-refractivity contribution in [2.75, 3.05) is 0 Å². The molecule has 0 atom stereocenters. The molecule has 1 aromatic heterocycles. The van der Waals surface area contributed by atoms with Crippen LogP contribution in [0.25, 0.3) is 0 Å². The summed E-state index contributed by atoms with van der Waals surface area (Å²) in [6.07, 6.45) is 4.88. The number of H-pyrrole nitrogens is 1. The first kappa shape index (κ1) is 18.7. The van der Waals surface area contributed by atoms with E-state index in [-0.39, 0.29) is 32.9 Å². The molecule has 0 saturated carbocycles. The van der Waals surface area contributed by atoms with Gasteiger partial charge in [-0.15, -0.1) is 0 Å². The Morgan fingerprint density at radius 1 is 1.12 bits per heavy atom. The Hall–Kier alpha value is -1.65. The number of carbonyl (C=O) groups is 1. The van der Waals surface area contributed by atoms with Crippen molar-refractivity contribution in [3.63, 3.8) is 0 Å². The maximum atomic E-state index is 12.7. The van der Waals surface area contributed by atoms with E-state index in [0.717, 1.165) is 25.7 Å². The van der Waals surface area contributed by atoms with Gasteiger partial charge < -0.3 is 15.2 Å². The van der Waals surface area contributed by atoms with Gasteiger partial charge >= 0.3 is 0 Å². The van der Waals surface area contributed by atoms with Gasteiger partial charge in [-0.25, -0.2) is 0 Å². The maximum Gasteiger partial charge on any atom is 0.216 e. The molecule has 0 amide bonds. The Morgan fingerprint density at radius 2 is 1.83 bits per heavy atom. The topological polar surface area (TPSA) is 73.3 Å². The predicted molar refractivity (Wildman–Crippen MR) is 96.6 cm³/mol. The molecule has 1 aromatic carbocycles. The van der Waals surface area contributed by atoms with Crippen molar-refractivity contribution in [3.8, 4) is 11.5 Å². The van der Waals surface area contributed by atoms with Crippen LogP contribution in [-0.4, -0.2) is 21.0 Å². The van der Waals surface area contributed by atoms with Crippen LogP contribution in [0.2, 0.25) is 10.2 Å². The van der Waals surface area contributed by atoms with Gasteiger partial charge in [-0.2, -0.15) is 0 Å². The van der Waals surface area contributed by atoms with Crippen LogP contribution in [0.3, 0.4) is 0 Å². The molecule has 0 aliphatic carbocycles. The zero-order valence-electron chi connectivity index (χ0n) is 13.7. The summed E-state index contributed by atoms with van der Waals surface area (Å²) >= 11 is 11.7. The number of hydrogen-bond acceptors (Lipinski definition) is 3. The highest BCUT2D eigenvalue weighted by Crippen LogP contribution is 2.37. The number of carbonyl (C=O) groups excluding carboxylic acids is 1. The van der Waals surface area contributed by atoms with Gasteiger partial charge in [0.05, 0.1) is 10.7 Å². The van der Waals surface area contributed by atoms with Crippen LogP contribution in [0.1, 0.15) is 59.8 Å². The smallest absolute Gasteiger partial charge is 0.216 e. The van der Waals surface area contributed by atoms with Crippen molar-refractivity contribution in [3.05, 3.63) is 44.7 Å². The molecule has 0 bridgehead atoms. The lowest BCUT2D eigenvalue weighted by molar-refractivity contribution is 0.102. The van der Waals surface area contributed by atoms with Crippen LogP contribution in [0, 0.1) is 6.92 Å². The molecule has 2 aromatic rings. The highest BCUT2D eigenvalue weighted by molar-refractivity contribution is 6.41. The molecule has 1 heterocycles. The number of aromatic amines is 1. The van der Waals surface area contributed by atoms with Crippen LogP contribution >= 0.6 is 23.2 Å². The Kier molecular flexibility index (Phi) is 6.19. The summed E-state index contributed by atoms with van der Waals surface area (Å²) in [4.78, 5) is 15.3. The first-order chi connectivity index (χ1) is 11.4. The number of phenolic OH excluding ortho intramolecular Hbond substituents is 2. The normalized spacial score (nSPS) is 11.0. The molecular weight excluding hydrogens is 349 g/mol. The largest absolute Gasteiger partial charge is 0.507 e. The minimum Gasteiger partial charge on any atom is -0.507 e. The highest BCUT2D eigenvalue weighted by atomic mass is 35.5. The number of rotatable bonds is 7. The molecule has 0 unspecified atom stereocenters. The number of ketones is 1. The van der Waals surface area contributed by atoms with Gasteiger partial charge in [-0.05, 0) is 43.0 Å². The third-order valence-electron chi connectivity index (χ3n) is 4.04. The quantitative estimate of drug-likeness (QED) is 0.452. The van der Waals surface area contributed by atoms with Gasteiger partial charge in [-0.3, -0.25) is 4.79 Å². The van der Waals surface area contributed by atoms with Crippen molar-refractivity contribution in [1.82, 2.24) is 4.98 Å². The van der Waals surface area contributed by atoms with Crippen molar-refractivity contribution in [2.45, 2.75) is 46.0 Å². The number of aromatic hydroxyl groups is 2. The fourth-order valence-electron chi connectivity index (χ4n) is 2.68. The van der Waals surface area contributed by atoms with Gasteiger partial charge in [0.1, 0.15) is 22.2 Å². The molecule has 0 spiro atoms. The Labute approximate surface area is 151 Å². The van der Waals surface area contributed by atoms with Crippen LogP contribution in [0.5, 0.6) is 11.5 Å². The van der Waals surface area contributed by atoms with Crippen molar-refractivity contribution >= 4 is 29.0 Å². The molecule has 3 N–H and O–H groups in total. The first-order valence-corrected chi connectivity index (χ1v) is 8.75. The molecule has 24 heavy (non-hydrogen) atoms. The number of hydrogen-bond donors (Lipinski definition) is 3. The van der Waals surface area contributed by atoms with E-state index in [0.29, 0.717) is 17.5 Å². The molecule has 4 nitrogen and oxygen atoms in total. The number of unbranched alkanes of at least 4 members (excludes halogenated alkanes) is 3. The lowest BCUT2D eigenvalue weighted by Crippen LogP contribution is -2.05. The third-order valence-corrected chi connectivity index (χ3v) is 4.73. The zero-order chi connectivity index (χ0) is 17.9. The number of aryl methyl sites for hydroxylation is 2. The van der Waals surface area contributed by atoms with Gasteiger partial charge in [0.15, 0.2) is 0 Å². The van der Waals surface area contributed by atoms with Gasteiger partial charge in [0.2, 0.25) is 5.78 Å². The molecule has 0 saturated heterocycles. The van der Waals surface area contributed by atoms with E-state index in [1.807, 2.05) is 0 Å². The summed E-state index contributed by atoms with van der Waals surface area (Å²) in [5.41, 5.74) is 1.21. The summed E-state index contributed by atoms with van der Waals surface area (Å²) in [5.74, 6) is -0.949. The Morgan fingerprint density at radius 3 is 2.42 bits per heavy atom. The van der Waals surface area contributed by atoms with E-state index < -0.39 is 5.78 Å². The summed E-state index contributed by atoms with van der Waals surface area (Å²) < 4.78 is 0. The van der Waals surface area contributed by atoms with E-state index in [1.54, 1.807) is 13.0 Å². The van der Waals surface area contributed by atoms with E-state index >= 15 is 0 Å². The van der Waals surface area contributed by atoms with Crippen molar-refractivity contribution < 1.29 is 15.0 Å². The fraction of sp³-hybridized carbons (Fsp3) is 0.389. The minimum atomic E-state index is -0.544. The van der Waals surface area contributed by atoms with Crippen LogP contribution < -0.4 is 0 Å². The SMILES string of the molecule is CCCCCCc1cc(C)c(O)c(C(=O)c2cc(Cl)c(Cl)[nH]2)c1O. The second-order valence-corrected chi connectivity index (χ2v) is 6.69. The molecule has 0 radical (unpaired) electrons. The predicted octanol–water partition coefficient (Wildman–Crippen LogP) is 5.39. The van der Waals surface area contributed by atoms with E-state index in [4.69, 9.17) is 23.2 Å². The standard InChI is InChI=1S/C18H21Cl2NO3/c1-3-4-5-6-7-11-8-10(2)15(22)14(16(11)23)17(24)13-9-12(19)18(20)21-13/h8-9,21-23H,3-7H2,1-2H3. The highest BCUT2D eigenvalue weighted by Gasteiger charge is 2.24. The van der Waals surface area contributed by atoms with E-state index in [9.17, 15) is 15.0 Å². The molecule has 130 valence electrons. The van der Waals surface area contributed by atoms with Crippen LogP contribution in [0.15, 0.2) is 12.1 Å². The minimum absolute atomic E-state index is 0.116. The lowest BCUT2D eigenvalue weighted by Gasteiger charge is -2.13. The van der Waals surface area contributed by atoms with Crippen molar-refractivity contribution in [1.29, 1.82) is 0 Å². The molecular formula is C18H21Cl2NO3. The summed E-state index contributed by atoms with van der Waals surface area (Å²) in [6.45, 7) is 3.83. The van der Waals surface area contributed by atoms with Gasteiger partial charge in [-0.1, -0.05) is 49.4 Å². The summed E-state index contributed by atoms with van der Waals surface area (Å²) in [5, 5.41) is 21.1. The summed E-state index contributed by atoms with van der Waals surface area (Å²) in [7, 11) is 0. The number of aromatic nitrogens is 1. The van der Waals surface area contributed by atoms with Gasteiger partial charge in [0.25, 0.3) is 0 Å². The fourth-order valence-corrected chi connectivity index (χ4v) is 2.99. The summed E-state index contributed by atoms with van der Waals surface area (Å²) in [6, 6.07) is 3.11. The number of nitrogens with one attached hydrogen (secondary N) is 1. The van der Waals surface area contributed by atoms with E-state index in [1.165, 1.54) is 6.07 Å². The van der Waals surface area contributed by atoms with E-state index in [2.05, 4.69) is 11.9 Å². The molecule has 6 heteroatoms. The molecule has 2 rings (SSSR count).